The maximum atomic E-state index is 9.90. The average molecular weight is 267 g/mol. The minimum Gasteiger partial charge on any atom is -0.394 e. The molecule has 2 aromatic heterocycles. The fourth-order valence-electron chi connectivity index (χ4n) is 2.15. The lowest BCUT2D eigenvalue weighted by Crippen LogP contribution is -2.39. The number of hydrogen-bond acceptors (Lipinski definition) is 8. The molecule has 1 unspecified atom stereocenters. The number of hydrogen-bond donors (Lipinski definition) is 4. The van der Waals surface area contributed by atoms with Crippen molar-refractivity contribution in [2.75, 3.05) is 12.3 Å². The third-order valence-electron chi connectivity index (χ3n) is 3.16. The highest BCUT2D eigenvalue weighted by atomic mass is 16.5. The molecule has 9 heteroatoms. The maximum absolute atomic E-state index is 9.90. The molecule has 102 valence electrons. The van der Waals surface area contributed by atoms with Gasteiger partial charge in [-0.2, -0.15) is 0 Å². The molecule has 1 aliphatic rings. The molecule has 0 spiro atoms. The van der Waals surface area contributed by atoms with Gasteiger partial charge in [0.25, 0.3) is 0 Å². The first-order valence-electron chi connectivity index (χ1n) is 6.21. The summed E-state index contributed by atoms with van der Waals surface area (Å²) in [6, 6.07) is -0.825. The molecular formula is C10H14N6O3. The Balaban J connectivity index is 2.02. The van der Waals surface area contributed by atoms with E-state index in [1.165, 1.54) is 17.2 Å². The second-order valence-electron chi connectivity index (χ2n) is 4.29. The predicted octanol–water partition coefficient (Wildman–Crippen LogP) is -2.01. The minimum atomic E-state index is -1.59. The topological polar surface area (TPSA) is 145 Å². The third kappa shape index (κ3) is 1.75. The molecule has 1 aliphatic heterocycles. The van der Waals surface area contributed by atoms with Crippen molar-refractivity contribution in [2.24, 2.45) is 5.73 Å². The molecule has 0 aliphatic carbocycles. The maximum Gasteiger partial charge on any atom is 0.167 e. The van der Waals surface area contributed by atoms with Crippen LogP contribution in [-0.2, 0) is 4.74 Å². The Morgan fingerprint density at radius 1 is 1.47 bits per heavy atom. The van der Waals surface area contributed by atoms with Crippen LogP contribution in [0.15, 0.2) is 12.7 Å². The number of fused-ring (bicyclic) bond motifs is 1. The summed E-state index contributed by atoms with van der Waals surface area (Å²) >= 11 is 0. The molecule has 0 saturated carbocycles. The van der Waals surface area contributed by atoms with Gasteiger partial charge in [-0.1, -0.05) is 0 Å². The predicted molar refractivity (Wildman–Crippen MR) is 64.7 cm³/mol. The molecule has 1 saturated heterocycles. The van der Waals surface area contributed by atoms with Crippen LogP contribution in [0.5, 0.6) is 0 Å². The summed E-state index contributed by atoms with van der Waals surface area (Å²) in [6.07, 6.45) is -0.347. The standard InChI is InChI=1S/C10H14N6O3/c11-5-7(18)4(1-17)19-10(5)16-3-15-6-8(12)13-2-14-9(6)16/h2-5,7,10,17-18H,1,11H2,(H2,12,13,14)/t4-,5-,7-,10-/m1/s1/i1D/t1?,4-,5-,7-,10-. The van der Waals surface area contributed by atoms with Crippen LogP contribution in [0.25, 0.3) is 11.2 Å². The molecule has 6 N–H and O–H groups in total. The summed E-state index contributed by atoms with van der Waals surface area (Å²) in [5.41, 5.74) is 12.4. The lowest BCUT2D eigenvalue weighted by molar-refractivity contribution is -0.0437. The Bertz CT molecular complexity index is 634. The number of anilines is 1. The first-order chi connectivity index (χ1) is 9.50. The van der Waals surface area contributed by atoms with E-state index < -0.39 is 31.1 Å². The highest BCUT2D eigenvalue weighted by Crippen LogP contribution is 2.30. The van der Waals surface area contributed by atoms with Gasteiger partial charge in [0.05, 0.1) is 20.3 Å². The fourth-order valence-corrected chi connectivity index (χ4v) is 2.15. The van der Waals surface area contributed by atoms with Crippen molar-refractivity contribution in [2.45, 2.75) is 24.5 Å². The highest BCUT2D eigenvalue weighted by Gasteiger charge is 2.42. The summed E-state index contributed by atoms with van der Waals surface area (Å²) in [4.78, 5) is 12.0. The Labute approximate surface area is 109 Å². The molecule has 0 radical (unpaired) electrons. The van der Waals surface area contributed by atoms with E-state index in [-0.39, 0.29) is 5.82 Å². The van der Waals surface area contributed by atoms with Crippen LogP contribution in [0.3, 0.4) is 0 Å². The van der Waals surface area contributed by atoms with Crippen LogP contribution in [0.1, 0.15) is 7.60 Å². The van der Waals surface area contributed by atoms with E-state index >= 15 is 0 Å². The van der Waals surface area contributed by atoms with Crippen LogP contribution in [-0.4, -0.2) is 54.6 Å². The molecule has 0 bridgehead atoms. The van der Waals surface area contributed by atoms with Crippen LogP contribution in [0.4, 0.5) is 5.82 Å². The summed E-state index contributed by atoms with van der Waals surface area (Å²) in [7, 11) is 0. The van der Waals surface area contributed by atoms with Crippen molar-refractivity contribution >= 4 is 17.0 Å². The molecule has 9 nitrogen and oxygen atoms in total. The molecule has 1 fully saturated rings. The minimum absolute atomic E-state index is 0.220. The van der Waals surface area contributed by atoms with E-state index in [9.17, 15) is 10.2 Å². The van der Waals surface area contributed by atoms with Crippen molar-refractivity contribution < 1.29 is 16.3 Å². The summed E-state index contributed by atoms with van der Waals surface area (Å²) in [5, 5.41) is 19.2. The number of nitrogens with two attached hydrogens (primary N) is 2. The Morgan fingerprint density at radius 3 is 2.95 bits per heavy atom. The van der Waals surface area contributed by atoms with Gasteiger partial charge in [-0.3, -0.25) is 4.57 Å². The summed E-state index contributed by atoms with van der Waals surface area (Å²) in [6.45, 7) is -1.59. The lowest BCUT2D eigenvalue weighted by atomic mass is 10.1. The molecule has 5 atom stereocenters. The number of nitrogen functional groups attached to an aromatic ring is 1. The van der Waals surface area contributed by atoms with Gasteiger partial charge in [0.2, 0.25) is 0 Å². The molecule has 2 aromatic rings. The van der Waals surface area contributed by atoms with Gasteiger partial charge in [-0.15, -0.1) is 0 Å². The quantitative estimate of drug-likeness (QED) is 0.488. The van der Waals surface area contributed by atoms with Gasteiger partial charge in [0.1, 0.15) is 24.1 Å². The van der Waals surface area contributed by atoms with Crippen LogP contribution >= 0.6 is 0 Å². The highest BCUT2D eigenvalue weighted by molar-refractivity contribution is 5.81. The van der Waals surface area contributed by atoms with Gasteiger partial charge in [-0.05, 0) is 0 Å². The number of nitrogens with zero attached hydrogens (tertiary/aromatic N) is 4. The van der Waals surface area contributed by atoms with E-state index in [0.29, 0.717) is 11.2 Å². The number of aliphatic hydroxyl groups excluding tert-OH is 2. The van der Waals surface area contributed by atoms with Crippen LogP contribution in [0, 0.1) is 0 Å². The van der Waals surface area contributed by atoms with Gasteiger partial charge in [-0.25, -0.2) is 15.0 Å². The molecule has 19 heavy (non-hydrogen) atoms. The van der Waals surface area contributed by atoms with Crippen molar-refractivity contribution in [1.29, 1.82) is 0 Å². The second kappa shape index (κ2) is 4.38. The lowest BCUT2D eigenvalue weighted by Gasteiger charge is -2.17. The number of aliphatic hydroxyl groups is 2. The smallest absolute Gasteiger partial charge is 0.167 e. The van der Waals surface area contributed by atoms with E-state index in [1.54, 1.807) is 0 Å². The van der Waals surface area contributed by atoms with Crippen molar-refractivity contribution in [1.82, 2.24) is 19.5 Å². The van der Waals surface area contributed by atoms with E-state index in [0.717, 1.165) is 0 Å². The van der Waals surface area contributed by atoms with Gasteiger partial charge < -0.3 is 26.4 Å². The Hall–Kier alpha value is -1.81. The SMILES string of the molecule is [2H]C(O)[C@H]1O[C@@H](n2cnc3c(N)ncnc32)[C@H](N)[C@@H]1O. The molecular weight excluding hydrogens is 252 g/mol. The normalized spacial score (nSPS) is 33.5. The van der Waals surface area contributed by atoms with Crippen molar-refractivity contribution in [3.8, 4) is 0 Å². The first-order valence-corrected chi connectivity index (χ1v) is 5.63. The fraction of sp³-hybridized carbons (Fsp3) is 0.500. The zero-order valence-corrected chi connectivity index (χ0v) is 9.79. The first kappa shape index (κ1) is 11.1. The van der Waals surface area contributed by atoms with E-state index in [1.807, 2.05) is 0 Å². The monoisotopic (exact) mass is 267 g/mol. The van der Waals surface area contributed by atoms with Gasteiger partial charge in [0.15, 0.2) is 17.7 Å². The average Bonchev–Trinajstić information content (AvgIpc) is 2.94. The van der Waals surface area contributed by atoms with Gasteiger partial charge >= 0.3 is 0 Å². The van der Waals surface area contributed by atoms with E-state index in [4.69, 9.17) is 17.6 Å². The molecule has 3 rings (SSSR count). The number of rotatable bonds is 2. The largest absolute Gasteiger partial charge is 0.394 e. The number of aromatic nitrogens is 4. The van der Waals surface area contributed by atoms with Crippen molar-refractivity contribution in [3.63, 3.8) is 0 Å². The van der Waals surface area contributed by atoms with Crippen LogP contribution < -0.4 is 11.5 Å². The van der Waals surface area contributed by atoms with Crippen molar-refractivity contribution in [3.05, 3.63) is 12.7 Å². The third-order valence-corrected chi connectivity index (χ3v) is 3.16. The zero-order chi connectivity index (χ0) is 14.4. The van der Waals surface area contributed by atoms with Crippen LogP contribution in [0.2, 0.25) is 0 Å². The molecule has 0 aromatic carbocycles. The number of imidazole rings is 1. The summed E-state index contributed by atoms with van der Waals surface area (Å²) < 4.78 is 14.2. The molecule has 0 amide bonds. The Morgan fingerprint density at radius 2 is 2.26 bits per heavy atom. The Kier molecular flexibility index (Phi) is 2.55. The second-order valence-corrected chi connectivity index (χ2v) is 4.29. The number of ether oxygens (including phenoxy) is 1. The molecule has 3 heterocycles. The van der Waals surface area contributed by atoms with E-state index in [2.05, 4.69) is 15.0 Å². The summed E-state index contributed by atoms with van der Waals surface area (Å²) in [5.74, 6) is 0.220. The zero-order valence-electron chi connectivity index (χ0n) is 10.8. The van der Waals surface area contributed by atoms with Gasteiger partial charge in [0, 0.05) is 0 Å².